The van der Waals surface area contributed by atoms with Crippen molar-refractivity contribution >= 4 is 23.8 Å². The van der Waals surface area contributed by atoms with Crippen LogP contribution < -0.4 is 10.6 Å². The number of carboxylic acid groups (broad SMARTS) is 1. The van der Waals surface area contributed by atoms with Crippen molar-refractivity contribution < 1.29 is 29.0 Å². The van der Waals surface area contributed by atoms with Crippen LogP contribution in [0.15, 0.2) is 0 Å². The minimum atomic E-state index is -1.02. The Bertz CT molecular complexity index is 435. The Labute approximate surface area is 114 Å². The molecule has 2 atom stereocenters. The molecule has 2 fully saturated rings. The first-order valence-electron chi connectivity index (χ1n) is 6.19. The smallest absolute Gasteiger partial charge is 0.332 e. The van der Waals surface area contributed by atoms with Crippen molar-refractivity contribution in [1.29, 1.82) is 0 Å². The monoisotopic (exact) mass is 285 g/mol. The van der Waals surface area contributed by atoms with E-state index in [0.29, 0.717) is 12.8 Å². The summed E-state index contributed by atoms with van der Waals surface area (Å²) in [5.41, 5.74) is 0. The number of urea groups is 1. The van der Waals surface area contributed by atoms with E-state index in [4.69, 9.17) is 9.84 Å². The summed E-state index contributed by atoms with van der Waals surface area (Å²) in [5.74, 6) is -2.07. The van der Waals surface area contributed by atoms with E-state index in [1.165, 1.54) is 0 Å². The molecule has 20 heavy (non-hydrogen) atoms. The third-order valence-corrected chi connectivity index (χ3v) is 3.10. The number of nitrogens with one attached hydrogen (secondary N) is 2. The average molecular weight is 285 g/mol. The summed E-state index contributed by atoms with van der Waals surface area (Å²) in [6.45, 7) is -0.212. The fourth-order valence-corrected chi connectivity index (χ4v) is 2.13. The van der Waals surface area contributed by atoms with Gasteiger partial charge in [-0.2, -0.15) is 0 Å². The average Bonchev–Trinajstić information content (AvgIpc) is 2.83. The Hall–Kier alpha value is -2.16. The number of carbonyl (C=O) groups excluding carboxylic acids is 3. The number of imide groups is 1. The molecule has 0 bridgehead atoms. The van der Waals surface area contributed by atoms with Crippen LogP contribution >= 0.6 is 0 Å². The minimum Gasteiger partial charge on any atom is -0.479 e. The van der Waals surface area contributed by atoms with E-state index in [0.717, 1.165) is 4.90 Å². The third-order valence-electron chi connectivity index (χ3n) is 3.10. The van der Waals surface area contributed by atoms with Gasteiger partial charge >= 0.3 is 12.0 Å². The Kier molecular flexibility index (Phi) is 4.18. The van der Waals surface area contributed by atoms with E-state index in [2.05, 4.69) is 10.6 Å². The lowest BCUT2D eigenvalue weighted by Crippen LogP contribution is -2.56. The van der Waals surface area contributed by atoms with E-state index in [1.54, 1.807) is 0 Å². The Morgan fingerprint density at radius 1 is 1.30 bits per heavy atom. The molecule has 9 heteroatoms. The lowest BCUT2D eigenvalue weighted by molar-refractivity contribution is -0.149. The van der Waals surface area contributed by atoms with Crippen molar-refractivity contribution in [1.82, 2.24) is 15.5 Å². The molecule has 9 nitrogen and oxygen atoms in total. The van der Waals surface area contributed by atoms with Gasteiger partial charge in [0.1, 0.15) is 13.1 Å². The Morgan fingerprint density at radius 3 is 2.50 bits per heavy atom. The van der Waals surface area contributed by atoms with Crippen LogP contribution in [0.2, 0.25) is 0 Å². The zero-order valence-electron chi connectivity index (χ0n) is 10.6. The van der Waals surface area contributed by atoms with E-state index >= 15 is 0 Å². The third kappa shape index (κ3) is 3.44. The molecule has 2 rings (SSSR count). The van der Waals surface area contributed by atoms with Crippen LogP contribution in [0.1, 0.15) is 12.8 Å². The van der Waals surface area contributed by atoms with Crippen LogP contribution in [0.3, 0.4) is 0 Å². The highest BCUT2D eigenvalue weighted by atomic mass is 16.5. The van der Waals surface area contributed by atoms with Crippen LogP contribution in [0.5, 0.6) is 0 Å². The summed E-state index contributed by atoms with van der Waals surface area (Å²) < 4.78 is 5.22. The molecule has 4 amide bonds. The zero-order chi connectivity index (χ0) is 14.7. The number of hydrogen-bond donors (Lipinski definition) is 3. The Balaban J connectivity index is 1.77. The molecular formula is C11H15N3O6. The van der Waals surface area contributed by atoms with E-state index < -0.39 is 29.9 Å². The molecule has 2 unspecified atom stereocenters. The highest BCUT2D eigenvalue weighted by molar-refractivity contribution is 6.02. The van der Waals surface area contributed by atoms with Gasteiger partial charge < -0.3 is 20.1 Å². The summed E-state index contributed by atoms with van der Waals surface area (Å²) in [6.07, 6.45) is -0.259. The number of rotatable bonds is 3. The van der Waals surface area contributed by atoms with E-state index in [1.807, 2.05) is 0 Å². The molecule has 2 aliphatic rings. The molecule has 110 valence electrons. The summed E-state index contributed by atoms with van der Waals surface area (Å²) >= 11 is 0. The highest BCUT2D eigenvalue weighted by Gasteiger charge is 2.31. The quantitative estimate of drug-likeness (QED) is 0.530. The number of ether oxygens (including phenoxy) is 1. The second kappa shape index (κ2) is 5.87. The zero-order valence-corrected chi connectivity index (χ0v) is 10.6. The van der Waals surface area contributed by atoms with E-state index in [-0.39, 0.29) is 25.7 Å². The van der Waals surface area contributed by atoms with Crippen LogP contribution in [0.25, 0.3) is 0 Å². The SMILES string of the molecule is O=C1CN(C(=O)NCC2CCC(C(=O)O)O2)CC(=O)N1. The molecule has 2 saturated heterocycles. The first kappa shape index (κ1) is 14.3. The predicted molar refractivity (Wildman–Crippen MR) is 63.7 cm³/mol. The molecule has 0 aromatic rings. The number of carboxylic acids is 1. The van der Waals surface area contributed by atoms with Gasteiger partial charge in [0.05, 0.1) is 6.10 Å². The van der Waals surface area contributed by atoms with Gasteiger partial charge in [0.25, 0.3) is 0 Å². The first-order chi connectivity index (χ1) is 9.45. The number of amides is 4. The van der Waals surface area contributed by atoms with Crippen LogP contribution in [-0.2, 0) is 19.1 Å². The van der Waals surface area contributed by atoms with Gasteiger partial charge in [0.15, 0.2) is 6.10 Å². The summed E-state index contributed by atoms with van der Waals surface area (Å²) in [5, 5.41) is 13.4. The standard InChI is InChI=1S/C11H15N3O6/c15-8-4-14(5-9(16)13-8)11(19)12-3-6-1-2-7(20-6)10(17)18/h6-7H,1-5H2,(H,12,19)(H,17,18)(H,13,15,16). The fourth-order valence-electron chi connectivity index (χ4n) is 2.13. The summed E-state index contributed by atoms with van der Waals surface area (Å²) in [6, 6.07) is -0.546. The number of aliphatic carboxylic acids is 1. The second-order valence-corrected chi connectivity index (χ2v) is 4.68. The Morgan fingerprint density at radius 2 is 1.95 bits per heavy atom. The summed E-state index contributed by atoms with van der Waals surface area (Å²) in [7, 11) is 0. The molecule has 0 aliphatic carbocycles. The lowest BCUT2D eigenvalue weighted by Gasteiger charge is -2.26. The fraction of sp³-hybridized carbons (Fsp3) is 0.636. The number of piperazine rings is 1. The number of carbonyl (C=O) groups is 4. The van der Waals surface area contributed by atoms with Gasteiger partial charge in [0.2, 0.25) is 11.8 Å². The minimum absolute atomic E-state index is 0.148. The maximum Gasteiger partial charge on any atom is 0.332 e. The highest BCUT2D eigenvalue weighted by Crippen LogP contribution is 2.19. The van der Waals surface area contributed by atoms with Crippen molar-refractivity contribution in [3.05, 3.63) is 0 Å². The molecule has 3 N–H and O–H groups in total. The lowest BCUT2D eigenvalue weighted by atomic mass is 10.2. The maximum absolute atomic E-state index is 11.8. The van der Waals surface area contributed by atoms with Crippen molar-refractivity contribution in [2.24, 2.45) is 0 Å². The molecule has 0 aromatic heterocycles. The maximum atomic E-state index is 11.8. The van der Waals surface area contributed by atoms with Crippen LogP contribution in [-0.4, -0.2) is 65.7 Å². The molecule has 0 radical (unpaired) electrons. The second-order valence-electron chi connectivity index (χ2n) is 4.68. The van der Waals surface area contributed by atoms with Crippen molar-refractivity contribution in [3.8, 4) is 0 Å². The van der Waals surface area contributed by atoms with Crippen molar-refractivity contribution in [3.63, 3.8) is 0 Å². The van der Waals surface area contributed by atoms with Gasteiger partial charge in [-0.3, -0.25) is 14.9 Å². The molecular weight excluding hydrogens is 270 g/mol. The van der Waals surface area contributed by atoms with Gasteiger partial charge in [-0.25, -0.2) is 9.59 Å². The predicted octanol–water partition coefficient (Wildman–Crippen LogP) is -1.71. The normalized spacial score (nSPS) is 26.3. The van der Waals surface area contributed by atoms with Crippen molar-refractivity contribution in [2.75, 3.05) is 19.6 Å². The molecule has 2 heterocycles. The number of nitrogens with zero attached hydrogens (tertiary/aromatic N) is 1. The van der Waals surface area contributed by atoms with E-state index in [9.17, 15) is 19.2 Å². The molecule has 2 aliphatic heterocycles. The van der Waals surface area contributed by atoms with Crippen LogP contribution in [0.4, 0.5) is 4.79 Å². The van der Waals surface area contributed by atoms with Gasteiger partial charge in [0, 0.05) is 6.54 Å². The van der Waals surface area contributed by atoms with Gasteiger partial charge in [-0.1, -0.05) is 0 Å². The molecule has 0 aromatic carbocycles. The largest absolute Gasteiger partial charge is 0.479 e. The van der Waals surface area contributed by atoms with Gasteiger partial charge in [-0.05, 0) is 12.8 Å². The topological polar surface area (TPSA) is 125 Å². The van der Waals surface area contributed by atoms with Crippen LogP contribution in [0, 0.1) is 0 Å². The molecule has 0 spiro atoms. The summed E-state index contributed by atoms with van der Waals surface area (Å²) in [4.78, 5) is 45.8. The van der Waals surface area contributed by atoms with Gasteiger partial charge in [-0.15, -0.1) is 0 Å². The van der Waals surface area contributed by atoms with Crippen molar-refractivity contribution in [2.45, 2.75) is 25.0 Å². The first-order valence-corrected chi connectivity index (χ1v) is 6.19. The molecule has 0 saturated carbocycles. The number of hydrogen-bond acceptors (Lipinski definition) is 5.